The number of methoxy groups -OCH3 is 1. The Balaban J connectivity index is 2.10. The number of thiocarbonyl (C=S) groups is 1. The Bertz CT molecular complexity index is 967. The fourth-order valence-corrected chi connectivity index (χ4v) is 4.39. The summed E-state index contributed by atoms with van der Waals surface area (Å²) >= 11 is 5.73. The Morgan fingerprint density at radius 3 is 1.71 bits per heavy atom. The molecule has 7 heteroatoms. The van der Waals surface area contributed by atoms with Crippen LogP contribution in [0.4, 0.5) is 0 Å². The molecular formula is C28H32N2O4S. The zero-order chi connectivity index (χ0) is 25.1. The number of benzene rings is 3. The summed E-state index contributed by atoms with van der Waals surface area (Å²) in [6.07, 6.45) is 0. The number of nitrogens with one attached hydrogen (secondary N) is 2. The van der Waals surface area contributed by atoms with Gasteiger partial charge in [0.1, 0.15) is 6.04 Å². The summed E-state index contributed by atoms with van der Waals surface area (Å²) in [6.45, 7) is 1.72. The van der Waals surface area contributed by atoms with Gasteiger partial charge in [-0.05, 0) is 23.6 Å². The van der Waals surface area contributed by atoms with E-state index in [1.54, 1.807) is 14.0 Å². The first-order valence-corrected chi connectivity index (χ1v) is 12.0. The number of hydrogen-bond donors (Lipinski definition) is 3. The van der Waals surface area contributed by atoms with E-state index < -0.39 is 30.2 Å². The highest BCUT2D eigenvalue weighted by Crippen LogP contribution is 2.37. The van der Waals surface area contributed by atoms with E-state index >= 15 is 0 Å². The Morgan fingerprint density at radius 1 is 0.886 bits per heavy atom. The van der Waals surface area contributed by atoms with Crippen molar-refractivity contribution in [3.63, 3.8) is 0 Å². The predicted octanol–water partition coefficient (Wildman–Crippen LogP) is 3.42. The van der Waals surface area contributed by atoms with E-state index in [-0.39, 0.29) is 13.2 Å². The zero-order valence-electron chi connectivity index (χ0n) is 20.0. The number of ether oxygens (including phenoxy) is 2. The summed E-state index contributed by atoms with van der Waals surface area (Å²) in [4.78, 5) is 12.6. The van der Waals surface area contributed by atoms with Gasteiger partial charge in [-0.25, -0.2) is 4.79 Å². The number of carbonyl (C=O) groups is 1. The molecular weight excluding hydrogens is 460 g/mol. The molecule has 0 spiro atoms. The lowest BCUT2D eigenvalue weighted by molar-refractivity contribution is -0.146. The molecule has 3 aromatic carbocycles. The van der Waals surface area contributed by atoms with Gasteiger partial charge in [-0.2, -0.15) is 0 Å². The Morgan fingerprint density at radius 2 is 1.34 bits per heavy atom. The van der Waals surface area contributed by atoms with Crippen LogP contribution in [-0.4, -0.2) is 55.1 Å². The summed E-state index contributed by atoms with van der Waals surface area (Å²) in [7, 11) is 1.60. The topological polar surface area (TPSA) is 79.8 Å². The minimum atomic E-state index is -0.969. The van der Waals surface area contributed by atoms with E-state index in [0.29, 0.717) is 4.99 Å². The van der Waals surface area contributed by atoms with Crippen LogP contribution in [-0.2, 0) is 19.8 Å². The summed E-state index contributed by atoms with van der Waals surface area (Å²) in [5.41, 5.74) is 2.28. The van der Waals surface area contributed by atoms with Gasteiger partial charge in [0.05, 0.1) is 36.4 Å². The Kier molecular flexibility index (Phi) is 9.93. The number of esters is 1. The van der Waals surface area contributed by atoms with Crippen molar-refractivity contribution in [1.82, 2.24) is 10.6 Å². The fourth-order valence-electron chi connectivity index (χ4n) is 4.12. The highest BCUT2D eigenvalue weighted by Gasteiger charge is 2.39. The molecule has 6 nitrogen and oxygen atoms in total. The first-order chi connectivity index (χ1) is 17.1. The van der Waals surface area contributed by atoms with Gasteiger partial charge in [0.2, 0.25) is 0 Å². The van der Waals surface area contributed by atoms with Crippen molar-refractivity contribution >= 4 is 23.2 Å². The van der Waals surface area contributed by atoms with E-state index in [2.05, 4.69) is 47.0 Å². The molecule has 3 N–H and O–H groups in total. The summed E-state index contributed by atoms with van der Waals surface area (Å²) < 4.78 is 10.6. The third-order valence-corrected chi connectivity index (χ3v) is 6.13. The van der Waals surface area contributed by atoms with Crippen LogP contribution in [0, 0.1) is 0 Å². The number of rotatable bonds is 12. The van der Waals surface area contributed by atoms with Gasteiger partial charge in [0.15, 0.2) is 0 Å². The quantitative estimate of drug-likeness (QED) is 0.203. The second-order valence-corrected chi connectivity index (χ2v) is 8.44. The minimum Gasteiger partial charge on any atom is -0.464 e. The van der Waals surface area contributed by atoms with Crippen molar-refractivity contribution in [2.24, 2.45) is 0 Å². The van der Waals surface area contributed by atoms with Gasteiger partial charge in [0, 0.05) is 7.11 Å². The highest BCUT2D eigenvalue weighted by atomic mass is 32.1. The van der Waals surface area contributed by atoms with E-state index in [1.165, 1.54) is 0 Å². The molecule has 0 heterocycles. The van der Waals surface area contributed by atoms with Crippen molar-refractivity contribution in [1.29, 1.82) is 0 Å². The monoisotopic (exact) mass is 492 g/mol. The van der Waals surface area contributed by atoms with Crippen LogP contribution in [0.25, 0.3) is 0 Å². The van der Waals surface area contributed by atoms with Crippen molar-refractivity contribution in [2.45, 2.75) is 24.5 Å². The molecule has 0 aliphatic carbocycles. The van der Waals surface area contributed by atoms with Crippen LogP contribution in [0.1, 0.15) is 23.6 Å². The average molecular weight is 493 g/mol. The smallest absolute Gasteiger partial charge is 0.330 e. The third kappa shape index (κ3) is 6.32. The maximum atomic E-state index is 12.3. The second kappa shape index (κ2) is 13.1. The number of aliphatic hydroxyl groups is 1. The summed E-state index contributed by atoms with van der Waals surface area (Å²) in [5.74, 6) is -0.561. The fraction of sp³-hybridized carbons (Fsp3) is 0.286. The molecule has 0 amide bonds. The summed E-state index contributed by atoms with van der Waals surface area (Å²) in [6, 6.07) is 28.9. The molecule has 0 unspecified atom stereocenters. The van der Waals surface area contributed by atoms with Gasteiger partial charge in [0.25, 0.3) is 0 Å². The molecule has 35 heavy (non-hydrogen) atoms. The van der Waals surface area contributed by atoms with Gasteiger partial charge < -0.3 is 19.9 Å². The molecule has 3 rings (SSSR count). The molecule has 3 aromatic rings. The van der Waals surface area contributed by atoms with Crippen molar-refractivity contribution in [3.8, 4) is 0 Å². The largest absolute Gasteiger partial charge is 0.464 e. The SMILES string of the molecule is CCOC(=O)[C@H](CO)NC(=S)[C@H](COC)NC(c1ccccc1)(c1ccccc1)c1ccccc1. The third-order valence-electron chi connectivity index (χ3n) is 5.73. The van der Waals surface area contributed by atoms with Gasteiger partial charge in [-0.3, -0.25) is 5.32 Å². The minimum absolute atomic E-state index is 0.211. The molecule has 0 aliphatic rings. The maximum absolute atomic E-state index is 12.3. The first kappa shape index (κ1) is 26.5. The van der Waals surface area contributed by atoms with E-state index in [0.717, 1.165) is 16.7 Å². The van der Waals surface area contributed by atoms with Gasteiger partial charge >= 0.3 is 5.97 Å². The number of hydrogen-bond acceptors (Lipinski definition) is 6. The normalized spacial score (nSPS) is 13.0. The zero-order valence-corrected chi connectivity index (χ0v) is 20.8. The molecule has 0 radical (unpaired) electrons. The van der Waals surface area contributed by atoms with Crippen LogP contribution in [0.5, 0.6) is 0 Å². The van der Waals surface area contributed by atoms with Crippen molar-refractivity contribution in [2.75, 3.05) is 26.9 Å². The van der Waals surface area contributed by atoms with Crippen molar-refractivity contribution in [3.05, 3.63) is 108 Å². The van der Waals surface area contributed by atoms with Crippen LogP contribution >= 0.6 is 12.2 Å². The molecule has 0 aliphatic heterocycles. The van der Waals surface area contributed by atoms with E-state index in [4.69, 9.17) is 21.7 Å². The lowest BCUT2D eigenvalue weighted by Gasteiger charge is -2.40. The Labute approximate surface area is 212 Å². The van der Waals surface area contributed by atoms with Crippen molar-refractivity contribution < 1.29 is 19.4 Å². The number of carbonyl (C=O) groups excluding carboxylic acids is 1. The molecule has 0 bridgehead atoms. The number of aliphatic hydroxyl groups excluding tert-OH is 1. The Hall–Kier alpha value is -3.10. The van der Waals surface area contributed by atoms with Gasteiger partial charge in [-0.1, -0.05) is 103 Å². The first-order valence-electron chi connectivity index (χ1n) is 11.6. The van der Waals surface area contributed by atoms with Gasteiger partial charge in [-0.15, -0.1) is 0 Å². The molecule has 0 saturated heterocycles. The molecule has 184 valence electrons. The summed E-state index contributed by atoms with van der Waals surface area (Å²) in [5, 5.41) is 16.5. The second-order valence-electron chi connectivity index (χ2n) is 8.00. The highest BCUT2D eigenvalue weighted by molar-refractivity contribution is 7.80. The van der Waals surface area contributed by atoms with Crippen LogP contribution in [0.3, 0.4) is 0 Å². The average Bonchev–Trinajstić information content (AvgIpc) is 2.91. The molecule has 0 saturated carbocycles. The van der Waals surface area contributed by atoms with Crippen LogP contribution in [0.2, 0.25) is 0 Å². The lowest BCUT2D eigenvalue weighted by Crippen LogP contribution is -2.58. The molecule has 2 atom stereocenters. The van der Waals surface area contributed by atoms with Crippen LogP contribution < -0.4 is 10.6 Å². The molecule has 0 fully saturated rings. The van der Waals surface area contributed by atoms with Crippen LogP contribution in [0.15, 0.2) is 91.0 Å². The molecule has 0 aromatic heterocycles. The standard InChI is InChI=1S/C28H32N2O4S/c1-3-34-27(32)24(19-31)29-26(35)25(20-33-2)30-28(21-13-7-4-8-14-21,22-15-9-5-10-16-22)23-17-11-6-12-18-23/h4-18,24-25,30-31H,3,19-20H2,1-2H3,(H,29,35)/t24-,25-/m0/s1. The van der Waals surface area contributed by atoms with E-state index in [9.17, 15) is 9.90 Å². The lowest BCUT2D eigenvalue weighted by atomic mass is 9.76. The van der Waals surface area contributed by atoms with E-state index in [1.807, 2.05) is 54.6 Å². The maximum Gasteiger partial charge on any atom is 0.330 e. The predicted molar refractivity (Wildman–Crippen MR) is 141 cm³/mol.